The van der Waals surface area contributed by atoms with Crippen molar-refractivity contribution in [1.82, 2.24) is 0 Å². The van der Waals surface area contributed by atoms with Crippen LogP contribution in [0.3, 0.4) is 0 Å². The van der Waals surface area contributed by atoms with Crippen LogP contribution in [0.2, 0.25) is 0 Å². The van der Waals surface area contributed by atoms with Crippen molar-refractivity contribution in [1.29, 1.82) is 0 Å². The maximum Gasteiger partial charge on any atom is 0.270 e. The third-order valence-electron chi connectivity index (χ3n) is 3.94. The summed E-state index contributed by atoms with van der Waals surface area (Å²) in [7, 11) is 0. The molecule has 0 unspecified atom stereocenters. The Hall–Kier alpha value is -3.22. The zero-order valence-corrected chi connectivity index (χ0v) is 13.0. The Morgan fingerprint density at radius 3 is 2.71 bits per heavy atom. The molecule has 0 atom stereocenters. The highest BCUT2D eigenvalue weighted by molar-refractivity contribution is 6.05. The van der Waals surface area contributed by atoms with E-state index in [2.05, 4.69) is 5.32 Å². The molecule has 0 saturated carbocycles. The summed E-state index contributed by atoms with van der Waals surface area (Å²) in [4.78, 5) is 35.8. The Balaban J connectivity index is 1.83. The first-order valence-corrected chi connectivity index (χ1v) is 7.42. The van der Waals surface area contributed by atoms with Crippen molar-refractivity contribution >= 4 is 28.9 Å². The molecule has 122 valence electrons. The van der Waals surface area contributed by atoms with Gasteiger partial charge in [0.15, 0.2) is 0 Å². The van der Waals surface area contributed by atoms with E-state index >= 15 is 0 Å². The van der Waals surface area contributed by atoms with Crippen LogP contribution in [0, 0.1) is 10.1 Å². The molecule has 0 aliphatic carbocycles. The molecule has 1 aliphatic heterocycles. The van der Waals surface area contributed by atoms with E-state index in [4.69, 9.17) is 0 Å². The summed E-state index contributed by atoms with van der Waals surface area (Å²) < 4.78 is 0. The second-order valence-electron chi connectivity index (χ2n) is 5.53. The van der Waals surface area contributed by atoms with Crippen LogP contribution in [0.25, 0.3) is 0 Å². The topological polar surface area (TPSA) is 92.6 Å². The molecule has 0 fully saturated rings. The summed E-state index contributed by atoms with van der Waals surface area (Å²) in [6.07, 6.45) is 0.786. The summed E-state index contributed by atoms with van der Waals surface area (Å²) in [6, 6.07) is 10.9. The van der Waals surface area contributed by atoms with Gasteiger partial charge in [0.25, 0.3) is 11.6 Å². The summed E-state index contributed by atoms with van der Waals surface area (Å²) in [5.41, 5.74) is 2.45. The number of carbonyl (C=O) groups excluding carboxylic acids is 2. The van der Waals surface area contributed by atoms with Crippen LogP contribution >= 0.6 is 0 Å². The first kappa shape index (κ1) is 15.7. The van der Waals surface area contributed by atoms with E-state index in [0.29, 0.717) is 12.2 Å². The number of hydrogen-bond acceptors (Lipinski definition) is 4. The summed E-state index contributed by atoms with van der Waals surface area (Å²) in [5, 5.41) is 13.5. The zero-order chi connectivity index (χ0) is 17.3. The number of nitro benzene ring substituents is 1. The van der Waals surface area contributed by atoms with Gasteiger partial charge in [-0.15, -0.1) is 0 Å². The normalized spacial score (nSPS) is 12.6. The standard InChI is InChI=1S/C17H15N3O4/c1-11(21)19-8-7-12-5-6-14(10-16(12)19)18-17(22)13-3-2-4-15(9-13)20(23)24/h2-6,9-10H,7-8H2,1H3,(H,18,22). The molecule has 2 aromatic rings. The highest BCUT2D eigenvalue weighted by Crippen LogP contribution is 2.31. The first-order valence-electron chi connectivity index (χ1n) is 7.42. The highest BCUT2D eigenvalue weighted by Gasteiger charge is 2.22. The van der Waals surface area contributed by atoms with E-state index in [0.717, 1.165) is 17.7 Å². The van der Waals surface area contributed by atoms with Gasteiger partial charge in [-0.05, 0) is 30.2 Å². The molecule has 3 rings (SSSR count). The molecule has 1 aliphatic rings. The van der Waals surface area contributed by atoms with Crippen molar-refractivity contribution in [2.24, 2.45) is 0 Å². The molecule has 2 amide bonds. The Bertz CT molecular complexity index is 847. The van der Waals surface area contributed by atoms with Crippen molar-refractivity contribution in [3.05, 3.63) is 63.7 Å². The minimum atomic E-state index is -0.545. The maximum absolute atomic E-state index is 12.3. The van der Waals surface area contributed by atoms with Gasteiger partial charge < -0.3 is 10.2 Å². The summed E-state index contributed by atoms with van der Waals surface area (Å²) >= 11 is 0. The van der Waals surface area contributed by atoms with Gasteiger partial charge in [-0.1, -0.05) is 12.1 Å². The Kier molecular flexibility index (Phi) is 3.99. The molecule has 7 nitrogen and oxygen atoms in total. The minimum absolute atomic E-state index is 0.0455. The average molecular weight is 325 g/mol. The third-order valence-corrected chi connectivity index (χ3v) is 3.94. The van der Waals surface area contributed by atoms with Gasteiger partial charge in [0.2, 0.25) is 5.91 Å². The fourth-order valence-corrected chi connectivity index (χ4v) is 2.75. The third kappa shape index (κ3) is 2.96. The minimum Gasteiger partial charge on any atom is -0.322 e. The number of non-ortho nitro benzene ring substituents is 1. The van der Waals surface area contributed by atoms with Crippen molar-refractivity contribution < 1.29 is 14.5 Å². The van der Waals surface area contributed by atoms with Crippen LogP contribution in [-0.2, 0) is 11.2 Å². The molecule has 2 aromatic carbocycles. The number of benzene rings is 2. The summed E-state index contributed by atoms with van der Waals surface area (Å²) in [6.45, 7) is 2.14. The Labute approximate surface area is 138 Å². The van der Waals surface area contributed by atoms with E-state index in [1.54, 1.807) is 17.0 Å². The number of amides is 2. The van der Waals surface area contributed by atoms with Crippen LogP contribution in [0.1, 0.15) is 22.8 Å². The number of fused-ring (bicyclic) bond motifs is 1. The lowest BCUT2D eigenvalue weighted by molar-refractivity contribution is -0.384. The highest BCUT2D eigenvalue weighted by atomic mass is 16.6. The lowest BCUT2D eigenvalue weighted by atomic mass is 10.1. The number of carbonyl (C=O) groups is 2. The average Bonchev–Trinajstić information content (AvgIpc) is 2.98. The molecule has 1 N–H and O–H groups in total. The number of anilines is 2. The first-order chi connectivity index (χ1) is 11.5. The molecule has 24 heavy (non-hydrogen) atoms. The van der Waals surface area contributed by atoms with Crippen molar-refractivity contribution in [2.45, 2.75) is 13.3 Å². The smallest absolute Gasteiger partial charge is 0.270 e. The number of hydrogen-bond donors (Lipinski definition) is 1. The van der Waals surface area contributed by atoms with E-state index < -0.39 is 10.8 Å². The molecular formula is C17H15N3O4. The van der Waals surface area contributed by atoms with Gasteiger partial charge >= 0.3 is 0 Å². The lowest BCUT2D eigenvalue weighted by Gasteiger charge is -2.15. The fraction of sp³-hybridized carbons (Fsp3) is 0.176. The van der Waals surface area contributed by atoms with Gasteiger partial charge in [0.05, 0.1) is 4.92 Å². The molecule has 0 bridgehead atoms. The number of nitrogens with zero attached hydrogens (tertiary/aromatic N) is 2. The molecule has 0 saturated heterocycles. The van der Waals surface area contributed by atoms with Crippen LogP contribution in [-0.4, -0.2) is 23.3 Å². The SMILES string of the molecule is CC(=O)N1CCc2ccc(NC(=O)c3cccc([N+](=O)[O-])c3)cc21. The second-order valence-corrected chi connectivity index (χ2v) is 5.53. The molecule has 0 spiro atoms. The summed E-state index contributed by atoms with van der Waals surface area (Å²) in [5.74, 6) is -0.484. The van der Waals surface area contributed by atoms with Crippen LogP contribution in [0.15, 0.2) is 42.5 Å². The van der Waals surface area contributed by atoms with Crippen molar-refractivity contribution in [3.8, 4) is 0 Å². The van der Waals surface area contributed by atoms with Crippen LogP contribution in [0.4, 0.5) is 17.1 Å². The zero-order valence-electron chi connectivity index (χ0n) is 13.0. The predicted octanol–water partition coefficient (Wildman–Crippen LogP) is 2.76. The van der Waals surface area contributed by atoms with Crippen molar-refractivity contribution in [3.63, 3.8) is 0 Å². The number of nitro groups is 1. The molecular weight excluding hydrogens is 310 g/mol. The fourth-order valence-electron chi connectivity index (χ4n) is 2.75. The Morgan fingerprint density at radius 1 is 1.21 bits per heavy atom. The molecule has 7 heteroatoms. The lowest BCUT2D eigenvalue weighted by Crippen LogP contribution is -2.25. The van der Waals surface area contributed by atoms with Gasteiger partial charge in [0.1, 0.15) is 0 Å². The monoisotopic (exact) mass is 325 g/mol. The van der Waals surface area contributed by atoms with Gasteiger partial charge in [-0.3, -0.25) is 19.7 Å². The van der Waals surface area contributed by atoms with Crippen LogP contribution < -0.4 is 10.2 Å². The van der Waals surface area contributed by atoms with Crippen LogP contribution in [0.5, 0.6) is 0 Å². The van der Waals surface area contributed by atoms with E-state index in [1.165, 1.54) is 31.2 Å². The maximum atomic E-state index is 12.3. The van der Waals surface area contributed by atoms with Gasteiger partial charge in [-0.2, -0.15) is 0 Å². The molecule has 0 aromatic heterocycles. The largest absolute Gasteiger partial charge is 0.322 e. The van der Waals surface area contributed by atoms with E-state index in [-0.39, 0.29) is 17.2 Å². The predicted molar refractivity (Wildman–Crippen MR) is 89.2 cm³/mol. The van der Waals surface area contributed by atoms with Gasteiger partial charge in [0, 0.05) is 42.5 Å². The molecule has 1 heterocycles. The van der Waals surface area contributed by atoms with Gasteiger partial charge in [-0.25, -0.2) is 0 Å². The number of nitrogens with one attached hydrogen (secondary N) is 1. The number of rotatable bonds is 3. The molecule has 0 radical (unpaired) electrons. The quantitative estimate of drug-likeness (QED) is 0.693. The van der Waals surface area contributed by atoms with E-state index in [9.17, 15) is 19.7 Å². The second kappa shape index (κ2) is 6.11. The van der Waals surface area contributed by atoms with Crippen molar-refractivity contribution in [2.75, 3.05) is 16.8 Å². The van der Waals surface area contributed by atoms with E-state index in [1.807, 2.05) is 6.07 Å². The Morgan fingerprint density at radius 2 is 2.00 bits per heavy atom.